The number of fused-ring (bicyclic) bond motifs is 1. The van der Waals surface area contributed by atoms with E-state index in [4.69, 9.17) is 4.74 Å². The molecule has 0 aliphatic carbocycles. The number of hydrogen-bond acceptors (Lipinski definition) is 5. The molecule has 8 heteroatoms. The summed E-state index contributed by atoms with van der Waals surface area (Å²) in [7, 11) is -3.65. The number of carbonyl (C=O) groups is 1. The van der Waals surface area contributed by atoms with E-state index in [-0.39, 0.29) is 28.7 Å². The molecule has 2 heterocycles. The number of carbonyl (C=O) groups excluding carboxylic acids is 1. The molecule has 4 rings (SSSR count). The standard InChI is InChI=1S/C26H33N3O4S/c1-5-18(3)24(27-25-21-8-6-7-9-23(21)34(31,32)28-25)26(30)29-14-12-20(13-15-29)33-22-16-17(2)10-11-19(22)4/h6-11,16,18,20,24H,5,12-15H2,1-4H3,(H,27,28)/t18-,24-/m0/s1. The second-order valence-electron chi connectivity index (χ2n) is 9.32. The van der Waals surface area contributed by atoms with Crippen LogP contribution in [0.3, 0.4) is 0 Å². The molecule has 0 unspecified atom stereocenters. The van der Waals surface area contributed by atoms with Crippen molar-refractivity contribution in [2.24, 2.45) is 10.9 Å². The monoisotopic (exact) mass is 483 g/mol. The fourth-order valence-corrected chi connectivity index (χ4v) is 5.65. The predicted molar refractivity (Wildman–Crippen MR) is 133 cm³/mol. The van der Waals surface area contributed by atoms with Gasteiger partial charge in [-0.25, -0.2) is 8.42 Å². The number of nitrogens with one attached hydrogen (secondary N) is 1. The Morgan fingerprint density at radius 2 is 1.88 bits per heavy atom. The Bertz CT molecular complexity index is 1200. The number of amides is 1. The highest BCUT2D eigenvalue weighted by Crippen LogP contribution is 2.27. The van der Waals surface area contributed by atoms with E-state index in [0.29, 0.717) is 18.7 Å². The van der Waals surface area contributed by atoms with Crippen molar-refractivity contribution in [2.75, 3.05) is 13.1 Å². The number of hydrogen-bond donors (Lipinski definition) is 1. The maximum absolute atomic E-state index is 13.5. The van der Waals surface area contributed by atoms with E-state index >= 15 is 0 Å². The van der Waals surface area contributed by atoms with Crippen LogP contribution in [0.25, 0.3) is 0 Å². The van der Waals surface area contributed by atoms with Gasteiger partial charge in [-0.1, -0.05) is 44.5 Å². The molecule has 0 radical (unpaired) electrons. The van der Waals surface area contributed by atoms with Crippen LogP contribution in [0.15, 0.2) is 52.4 Å². The average Bonchev–Trinajstić information content (AvgIpc) is 3.09. The van der Waals surface area contributed by atoms with Gasteiger partial charge in [0, 0.05) is 31.5 Å². The average molecular weight is 484 g/mol. The minimum Gasteiger partial charge on any atom is -0.490 e. The Labute approximate surface area is 202 Å². The first-order valence-electron chi connectivity index (χ1n) is 11.9. The highest BCUT2D eigenvalue weighted by Gasteiger charge is 2.35. The van der Waals surface area contributed by atoms with Crippen LogP contribution >= 0.6 is 0 Å². The number of piperidine rings is 1. The van der Waals surface area contributed by atoms with E-state index in [0.717, 1.165) is 36.1 Å². The van der Waals surface area contributed by atoms with Crippen LogP contribution in [0.2, 0.25) is 0 Å². The summed E-state index contributed by atoms with van der Waals surface area (Å²) in [6, 6.07) is 12.3. The summed E-state index contributed by atoms with van der Waals surface area (Å²) < 4.78 is 33.8. The summed E-state index contributed by atoms with van der Waals surface area (Å²) in [5.41, 5.74) is 2.79. The van der Waals surface area contributed by atoms with Crippen molar-refractivity contribution in [1.29, 1.82) is 0 Å². The van der Waals surface area contributed by atoms with E-state index in [1.807, 2.05) is 32.6 Å². The van der Waals surface area contributed by atoms with Gasteiger partial charge in [0.2, 0.25) is 5.91 Å². The van der Waals surface area contributed by atoms with Crippen molar-refractivity contribution < 1.29 is 17.9 Å². The lowest BCUT2D eigenvalue weighted by Crippen LogP contribution is -2.47. The molecule has 1 amide bonds. The number of amidine groups is 1. The Morgan fingerprint density at radius 3 is 2.59 bits per heavy atom. The number of aryl methyl sites for hydroxylation is 2. The zero-order valence-electron chi connectivity index (χ0n) is 20.2. The summed E-state index contributed by atoms with van der Waals surface area (Å²) in [6.45, 7) is 9.27. The Balaban J connectivity index is 1.48. The topological polar surface area (TPSA) is 88.1 Å². The van der Waals surface area contributed by atoms with Gasteiger partial charge < -0.3 is 9.64 Å². The lowest BCUT2D eigenvalue weighted by atomic mass is 9.96. The van der Waals surface area contributed by atoms with Crippen molar-refractivity contribution in [2.45, 2.75) is 64.0 Å². The van der Waals surface area contributed by atoms with Gasteiger partial charge >= 0.3 is 0 Å². The van der Waals surface area contributed by atoms with Gasteiger partial charge in [-0.3, -0.25) is 14.5 Å². The Morgan fingerprint density at radius 1 is 1.18 bits per heavy atom. The lowest BCUT2D eigenvalue weighted by molar-refractivity contribution is -0.135. The molecule has 0 bridgehead atoms. The first-order valence-corrected chi connectivity index (χ1v) is 13.4. The highest BCUT2D eigenvalue weighted by atomic mass is 32.2. The van der Waals surface area contributed by atoms with Crippen molar-refractivity contribution in [3.63, 3.8) is 0 Å². The van der Waals surface area contributed by atoms with Crippen LogP contribution in [-0.2, 0) is 14.8 Å². The van der Waals surface area contributed by atoms with Crippen LogP contribution in [-0.4, -0.2) is 50.3 Å². The summed E-state index contributed by atoms with van der Waals surface area (Å²) >= 11 is 0. The molecule has 1 fully saturated rings. The van der Waals surface area contributed by atoms with Crippen molar-refractivity contribution >= 4 is 21.8 Å². The third kappa shape index (κ3) is 4.97. The second-order valence-corrected chi connectivity index (χ2v) is 11.0. The van der Waals surface area contributed by atoms with Gasteiger partial charge in [-0.2, -0.15) is 0 Å². The second kappa shape index (κ2) is 9.78. The minimum absolute atomic E-state index is 0.0267. The number of likely N-dealkylation sites (tertiary alicyclic amines) is 1. The van der Waals surface area contributed by atoms with Gasteiger partial charge in [0.15, 0.2) is 0 Å². The molecule has 182 valence electrons. The molecule has 0 spiro atoms. The number of rotatable bonds is 6. The van der Waals surface area contributed by atoms with E-state index in [1.165, 1.54) is 0 Å². The van der Waals surface area contributed by atoms with Crippen molar-refractivity contribution in [3.8, 4) is 5.75 Å². The number of nitrogens with zero attached hydrogens (tertiary/aromatic N) is 2. The molecule has 1 saturated heterocycles. The summed E-state index contributed by atoms with van der Waals surface area (Å²) in [5.74, 6) is 1.07. The van der Waals surface area contributed by atoms with Gasteiger partial charge in [-0.15, -0.1) is 0 Å². The molecule has 7 nitrogen and oxygen atoms in total. The summed E-state index contributed by atoms with van der Waals surface area (Å²) in [5, 5.41) is 0. The summed E-state index contributed by atoms with van der Waals surface area (Å²) in [4.78, 5) is 20.2. The SMILES string of the molecule is CC[C@H](C)[C@H](N=C1NS(=O)(=O)c2ccccc21)C(=O)N1CCC(Oc2cc(C)ccc2C)CC1. The van der Waals surface area contributed by atoms with Crippen LogP contribution in [0.4, 0.5) is 0 Å². The van der Waals surface area contributed by atoms with Gasteiger partial charge in [-0.05, 0) is 49.1 Å². The molecule has 2 aromatic rings. The first-order chi connectivity index (χ1) is 16.2. The Hall–Kier alpha value is -2.87. The van der Waals surface area contributed by atoms with E-state index in [9.17, 15) is 13.2 Å². The normalized spacial score (nSPS) is 20.5. The first kappa shape index (κ1) is 24.3. The largest absolute Gasteiger partial charge is 0.490 e. The lowest BCUT2D eigenvalue weighted by Gasteiger charge is -2.35. The van der Waals surface area contributed by atoms with E-state index < -0.39 is 16.1 Å². The molecule has 34 heavy (non-hydrogen) atoms. The van der Waals surface area contributed by atoms with Gasteiger partial charge in [0.05, 0.1) is 4.90 Å². The summed E-state index contributed by atoms with van der Waals surface area (Å²) in [6.07, 6.45) is 2.32. The highest BCUT2D eigenvalue weighted by molar-refractivity contribution is 7.90. The molecule has 2 aromatic carbocycles. The quantitative estimate of drug-likeness (QED) is 0.677. The number of benzene rings is 2. The third-order valence-electron chi connectivity index (χ3n) is 6.76. The van der Waals surface area contributed by atoms with Gasteiger partial charge in [0.1, 0.15) is 23.7 Å². The molecular formula is C26H33N3O4S. The molecule has 0 saturated carbocycles. The fourth-order valence-electron chi connectivity index (χ4n) is 4.41. The number of aliphatic imine (C=N–C) groups is 1. The van der Waals surface area contributed by atoms with Crippen molar-refractivity contribution in [3.05, 3.63) is 59.2 Å². The maximum Gasteiger partial charge on any atom is 0.263 e. The van der Waals surface area contributed by atoms with E-state index in [2.05, 4.69) is 27.9 Å². The van der Waals surface area contributed by atoms with Gasteiger partial charge in [0.25, 0.3) is 10.0 Å². The van der Waals surface area contributed by atoms with Crippen molar-refractivity contribution in [1.82, 2.24) is 9.62 Å². The molecule has 2 aliphatic heterocycles. The molecule has 0 aromatic heterocycles. The minimum atomic E-state index is -3.65. The molecular weight excluding hydrogens is 450 g/mol. The van der Waals surface area contributed by atoms with Crippen LogP contribution in [0.5, 0.6) is 5.75 Å². The van der Waals surface area contributed by atoms with Crippen LogP contribution in [0.1, 0.15) is 49.8 Å². The fraction of sp³-hybridized carbons (Fsp3) is 0.462. The zero-order valence-corrected chi connectivity index (χ0v) is 21.1. The number of ether oxygens (including phenoxy) is 1. The number of sulfonamides is 1. The smallest absolute Gasteiger partial charge is 0.263 e. The Kier molecular flexibility index (Phi) is 6.98. The molecule has 1 N–H and O–H groups in total. The zero-order chi connectivity index (χ0) is 24.5. The third-order valence-corrected chi connectivity index (χ3v) is 8.15. The van der Waals surface area contributed by atoms with E-state index in [1.54, 1.807) is 24.3 Å². The predicted octanol–water partition coefficient (Wildman–Crippen LogP) is 3.83. The maximum atomic E-state index is 13.5. The van der Waals surface area contributed by atoms with Crippen LogP contribution in [0, 0.1) is 19.8 Å². The molecule has 2 aliphatic rings. The van der Waals surface area contributed by atoms with Crippen LogP contribution < -0.4 is 9.46 Å². The molecule has 2 atom stereocenters.